The summed E-state index contributed by atoms with van der Waals surface area (Å²) < 4.78 is 34.4. The molecule has 8 nitrogen and oxygen atoms in total. The normalized spacial score (nSPS) is 11.4. The average Bonchev–Trinajstić information content (AvgIpc) is 3.43. The van der Waals surface area contributed by atoms with E-state index in [9.17, 15) is 13.2 Å². The molecule has 2 aromatic carbocycles. The Balaban J connectivity index is 1.50. The first-order valence-corrected chi connectivity index (χ1v) is 11.0. The minimum Gasteiger partial charge on any atom is -0.468 e. The number of amides is 1. The highest BCUT2D eigenvalue weighted by atomic mass is 32.2. The minimum absolute atomic E-state index is 0.0315. The van der Waals surface area contributed by atoms with Crippen LogP contribution in [0.2, 0.25) is 0 Å². The fourth-order valence-electron chi connectivity index (χ4n) is 3.06. The summed E-state index contributed by atoms with van der Waals surface area (Å²) in [7, 11) is -3.78. The van der Waals surface area contributed by atoms with Gasteiger partial charge < -0.3 is 9.73 Å². The number of hydrogen-bond donors (Lipinski definition) is 2. The van der Waals surface area contributed by atoms with Gasteiger partial charge in [0.05, 0.1) is 40.8 Å². The standard InChI is InChI=1S/C22H20N4O4S/c1-16-21(15-23-26(16)18-8-3-2-4-9-18)22(27)25-17-7-5-11-20(13-17)31(28,29)24-14-19-10-6-12-30-19/h2-13,15,24H,14H2,1H3,(H,25,27). The van der Waals surface area contributed by atoms with Gasteiger partial charge in [-0.3, -0.25) is 4.79 Å². The van der Waals surface area contributed by atoms with E-state index in [1.807, 2.05) is 30.3 Å². The van der Waals surface area contributed by atoms with Gasteiger partial charge in [0.1, 0.15) is 5.76 Å². The largest absolute Gasteiger partial charge is 0.468 e. The molecule has 2 N–H and O–H groups in total. The summed E-state index contributed by atoms with van der Waals surface area (Å²) in [6.07, 6.45) is 2.96. The SMILES string of the molecule is Cc1c(C(=O)Nc2cccc(S(=O)(=O)NCc3ccco3)c2)cnn1-c1ccccc1. The van der Waals surface area contributed by atoms with Crippen LogP contribution in [-0.4, -0.2) is 24.1 Å². The van der Waals surface area contributed by atoms with Crippen LogP contribution in [0, 0.1) is 6.92 Å². The quantitative estimate of drug-likeness (QED) is 0.461. The van der Waals surface area contributed by atoms with Crippen LogP contribution in [0.15, 0.2) is 88.5 Å². The molecule has 0 radical (unpaired) electrons. The van der Waals surface area contributed by atoms with Crippen molar-refractivity contribution in [3.63, 3.8) is 0 Å². The topological polar surface area (TPSA) is 106 Å². The fraction of sp³-hybridized carbons (Fsp3) is 0.0909. The van der Waals surface area contributed by atoms with E-state index < -0.39 is 10.0 Å². The van der Waals surface area contributed by atoms with Crippen LogP contribution in [0.25, 0.3) is 5.69 Å². The second-order valence-electron chi connectivity index (χ2n) is 6.78. The number of anilines is 1. The number of nitrogens with zero attached hydrogens (tertiary/aromatic N) is 2. The predicted octanol–water partition coefficient (Wildman–Crippen LogP) is 3.50. The molecule has 0 aliphatic heterocycles. The molecular formula is C22H20N4O4S. The van der Waals surface area contributed by atoms with Crippen LogP contribution in [0.4, 0.5) is 5.69 Å². The first-order valence-electron chi connectivity index (χ1n) is 9.47. The van der Waals surface area contributed by atoms with E-state index in [1.54, 1.807) is 35.9 Å². The number of carbonyl (C=O) groups is 1. The van der Waals surface area contributed by atoms with Gasteiger partial charge in [0.25, 0.3) is 5.91 Å². The average molecular weight is 436 g/mol. The Morgan fingerprint density at radius 2 is 1.87 bits per heavy atom. The van der Waals surface area contributed by atoms with Crippen molar-refractivity contribution in [3.05, 3.63) is 96.2 Å². The minimum atomic E-state index is -3.78. The van der Waals surface area contributed by atoms with Gasteiger partial charge in [-0.1, -0.05) is 24.3 Å². The molecule has 31 heavy (non-hydrogen) atoms. The van der Waals surface area contributed by atoms with E-state index in [0.717, 1.165) is 5.69 Å². The number of para-hydroxylation sites is 1. The Morgan fingerprint density at radius 3 is 2.61 bits per heavy atom. The second-order valence-corrected chi connectivity index (χ2v) is 8.54. The molecule has 0 saturated carbocycles. The Labute approximate surface area is 179 Å². The third-order valence-electron chi connectivity index (χ3n) is 4.67. The molecule has 0 bridgehead atoms. The zero-order valence-corrected chi connectivity index (χ0v) is 17.5. The molecule has 4 aromatic rings. The molecule has 0 saturated heterocycles. The van der Waals surface area contributed by atoms with Gasteiger partial charge in [0, 0.05) is 5.69 Å². The summed E-state index contributed by atoms with van der Waals surface area (Å²) in [5.41, 5.74) is 2.27. The van der Waals surface area contributed by atoms with Crippen molar-refractivity contribution in [1.29, 1.82) is 0 Å². The molecule has 1 amide bonds. The van der Waals surface area contributed by atoms with Gasteiger partial charge in [-0.15, -0.1) is 0 Å². The molecule has 0 fully saturated rings. The lowest BCUT2D eigenvalue weighted by Crippen LogP contribution is -2.23. The smallest absolute Gasteiger partial charge is 0.259 e. The van der Waals surface area contributed by atoms with Gasteiger partial charge in [-0.05, 0) is 49.4 Å². The number of rotatable bonds is 7. The summed E-state index contributed by atoms with van der Waals surface area (Å²) in [6, 6.07) is 18.9. The van der Waals surface area contributed by atoms with Gasteiger partial charge in [-0.2, -0.15) is 5.10 Å². The summed E-state index contributed by atoms with van der Waals surface area (Å²) >= 11 is 0. The van der Waals surface area contributed by atoms with Crippen molar-refractivity contribution in [3.8, 4) is 5.69 Å². The molecule has 158 valence electrons. The van der Waals surface area contributed by atoms with Gasteiger partial charge >= 0.3 is 0 Å². The molecule has 0 aliphatic carbocycles. The van der Waals surface area contributed by atoms with Crippen LogP contribution in [0.5, 0.6) is 0 Å². The molecule has 9 heteroatoms. The molecule has 2 aromatic heterocycles. The maximum atomic E-state index is 12.8. The second kappa shape index (κ2) is 8.58. The molecule has 0 aliphatic rings. The van der Waals surface area contributed by atoms with Gasteiger partial charge in [0.2, 0.25) is 10.0 Å². The zero-order chi connectivity index (χ0) is 21.8. The first-order chi connectivity index (χ1) is 14.9. The Morgan fingerprint density at radius 1 is 1.06 bits per heavy atom. The summed E-state index contributed by atoms with van der Waals surface area (Å²) in [5.74, 6) is 0.122. The van der Waals surface area contributed by atoms with Crippen molar-refractivity contribution in [2.75, 3.05) is 5.32 Å². The third kappa shape index (κ3) is 4.57. The molecule has 4 rings (SSSR count). The van der Waals surface area contributed by atoms with Crippen molar-refractivity contribution >= 4 is 21.6 Å². The van der Waals surface area contributed by atoms with Gasteiger partial charge in [0.15, 0.2) is 0 Å². The number of nitrogens with one attached hydrogen (secondary N) is 2. The summed E-state index contributed by atoms with van der Waals surface area (Å²) in [6.45, 7) is 1.83. The monoisotopic (exact) mass is 436 g/mol. The van der Waals surface area contributed by atoms with Crippen LogP contribution in [-0.2, 0) is 16.6 Å². The summed E-state index contributed by atoms with van der Waals surface area (Å²) in [4.78, 5) is 12.8. The Hall–Kier alpha value is -3.69. The number of carbonyl (C=O) groups excluding carboxylic acids is 1. The Bertz CT molecular complexity index is 1300. The van der Waals surface area contributed by atoms with E-state index in [1.165, 1.54) is 24.6 Å². The van der Waals surface area contributed by atoms with E-state index in [0.29, 0.717) is 22.7 Å². The Kier molecular flexibility index (Phi) is 5.70. The first kappa shape index (κ1) is 20.6. The third-order valence-corrected chi connectivity index (χ3v) is 6.07. The lowest BCUT2D eigenvalue weighted by atomic mass is 10.2. The van der Waals surface area contributed by atoms with E-state index >= 15 is 0 Å². The lowest BCUT2D eigenvalue weighted by Gasteiger charge is -2.09. The zero-order valence-electron chi connectivity index (χ0n) is 16.6. The van der Waals surface area contributed by atoms with Crippen LogP contribution >= 0.6 is 0 Å². The fourth-order valence-corrected chi connectivity index (χ4v) is 4.10. The van der Waals surface area contributed by atoms with Crippen molar-refractivity contribution in [2.24, 2.45) is 0 Å². The summed E-state index contributed by atoms with van der Waals surface area (Å²) in [5, 5.41) is 7.04. The maximum Gasteiger partial charge on any atom is 0.259 e. The van der Waals surface area contributed by atoms with E-state index in [4.69, 9.17) is 4.42 Å². The molecule has 0 spiro atoms. The van der Waals surface area contributed by atoms with E-state index in [2.05, 4.69) is 15.1 Å². The highest BCUT2D eigenvalue weighted by molar-refractivity contribution is 7.89. The molecule has 0 atom stereocenters. The van der Waals surface area contributed by atoms with Crippen LogP contribution in [0.3, 0.4) is 0 Å². The highest BCUT2D eigenvalue weighted by Gasteiger charge is 2.18. The van der Waals surface area contributed by atoms with Crippen molar-refractivity contribution in [1.82, 2.24) is 14.5 Å². The van der Waals surface area contributed by atoms with Crippen LogP contribution in [0.1, 0.15) is 21.8 Å². The highest BCUT2D eigenvalue weighted by Crippen LogP contribution is 2.19. The van der Waals surface area contributed by atoms with E-state index in [-0.39, 0.29) is 17.3 Å². The lowest BCUT2D eigenvalue weighted by molar-refractivity contribution is 0.102. The number of benzene rings is 2. The number of aromatic nitrogens is 2. The number of hydrogen-bond acceptors (Lipinski definition) is 5. The number of sulfonamides is 1. The maximum absolute atomic E-state index is 12.8. The van der Waals surface area contributed by atoms with Gasteiger partial charge in [-0.25, -0.2) is 17.8 Å². The molecule has 2 heterocycles. The van der Waals surface area contributed by atoms with Crippen LogP contribution < -0.4 is 10.0 Å². The number of furan rings is 1. The predicted molar refractivity (Wildman–Crippen MR) is 115 cm³/mol. The molecular weight excluding hydrogens is 416 g/mol. The van der Waals surface area contributed by atoms with Crippen molar-refractivity contribution in [2.45, 2.75) is 18.4 Å². The van der Waals surface area contributed by atoms with Crippen molar-refractivity contribution < 1.29 is 17.6 Å². The molecule has 0 unspecified atom stereocenters.